The molecule has 6 nitrogen and oxygen atoms in total. The van der Waals surface area contributed by atoms with E-state index in [4.69, 9.17) is 9.47 Å². The van der Waals surface area contributed by atoms with Crippen LogP contribution in [0.4, 0.5) is 5.69 Å². The Morgan fingerprint density at radius 2 is 1.93 bits per heavy atom. The number of anilines is 1. The lowest BCUT2D eigenvalue weighted by atomic mass is 9.86. The molecule has 1 fully saturated rings. The van der Waals surface area contributed by atoms with Gasteiger partial charge in [-0.2, -0.15) is 0 Å². The van der Waals surface area contributed by atoms with Crippen molar-refractivity contribution in [2.24, 2.45) is 0 Å². The minimum atomic E-state index is -0.498. The van der Waals surface area contributed by atoms with Gasteiger partial charge >= 0.3 is 0 Å². The van der Waals surface area contributed by atoms with E-state index in [0.717, 1.165) is 46.4 Å². The highest BCUT2D eigenvalue weighted by Crippen LogP contribution is 2.51. The average molecular weight is 406 g/mol. The number of aromatic amines is 1. The van der Waals surface area contributed by atoms with Crippen LogP contribution < -0.4 is 14.8 Å². The third-order valence-corrected chi connectivity index (χ3v) is 6.45. The summed E-state index contributed by atoms with van der Waals surface area (Å²) < 4.78 is 10.9. The number of aliphatic hydroxyl groups is 1. The number of fused-ring (bicyclic) bond motifs is 2. The summed E-state index contributed by atoms with van der Waals surface area (Å²) in [4.78, 5) is 16.6. The van der Waals surface area contributed by atoms with Crippen molar-refractivity contribution in [2.45, 2.75) is 43.9 Å². The van der Waals surface area contributed by atoms with Crippen LogP contribution in [-0.4, -0.2) is 29.4 Å². The molecule has 0 spiro atoms. The van der Waals surface area contributed by atoms with Gasteiger partial charge < -0.3 is 24.9 Å². The first-order chi connectivity index (χ1) is 14.4. The molecule has 2 aromatic carbocycles. The van der Waals surface area contributed by atoms with Gasteiger partial charge in [-0.3, -0.25) is 4.79 Å². The molecule has 6 heteroatoms. The van der Waals surface area contributed by atoms with Crippen LogP contribution in [0.2, 0.25) is 0 Å². The lowest BCUT2D eigenvalue weighted by molar-refractivity contribution is -0.118. The number of aliphatic hydroxyl groups excluding tert-OH is 1. The number of carbonyl (C=O) groups excluding carboxylic acids is 1. The summed E-state index contributed by atoms with van der Waals surface area (Å²) in [6.45, 7) is 4.59. The van der Waals surface area contributed by atoms with Crippen molar-refractivity contribution in [3.63, 3.8) is 0 Å². The molecule has 1 amide bonds. The molecule has 156 valence electrons. The first-order valence-corrected chi connectivity index (χ1v) is 10.4. The second-order valence-electron chi connectivity index (χ2n) is 8.95. The Balaban J connectivity index is 1.38. The van der Waals surface area contributed by atoms with Gasteiger partial charge in [0.05, 0.1) is 5.41 Å². The molecule has 3 N–H and O–H groups in total. The van der Waals surface area contributed by atoms with Gasteiger partial charge in [-0.25, -0.2) is 0 Å². The van der Waals surface area contributed by atoms with E-state index in [2.05, 4.69) is 30.2 Å². The highest BCUT2D eigenvalue weighted by Gasteiger charge is 2.51. The lowest BCUT2D eigenvalue weighted by Crippen LogP contribution is -2.27. The lowest BCUT2D eigenvalue weighted by Gasteiger charge is -2.21. The molecule has 0 unspecified atom stereocenters. The van der Waals surface area contributed by atoms with Crippen LogP contribution in [0.5, 0.6) is 11.5 Å². The smallest absolute Gasteiger partial charge is 0.235 e. The SMILES string of the molecule is CC(C)(CCO)c1cc2cc(NC(=O)C3(c4ccc5c(c4)OCO5)CC3)ccc2[nH]1. The number of benzene rings is 2. The first kappa shape index (κ1) is 19.0. The molecule has 5 rings (SSSR count). The summed E-state index contributed by atoms with van der Waals surface area (Å²) in [5.41, 5.74) is 3.21. The van der Waals surface area contributed by atoms with Crippen LogP contribution in [-0.2, 0) is 15.6 Å². The Morgan fingerprint density at radius 3 is 2.70 bits per heavy atom. The van der Waals surface area contributed by atoms with Gasteiger partial charge in [0.25, 0.3) is 0 Å². The molecule has 1 aliphatic heterocycles. The summed E-state index contributed by atoms with van der Waals surface area (Å²) in [6, 6.07) is 13.8. The van der Waals surface area contributed by atoms with E-state index in [1.54, 1.807) is 0 Å². The van der Waals surface area contributed by atoms with Gasteiger partial charge in [-0.15, -0.1) is 0 Å². The van der Waals surface area contributed by atoms with E-state index in [0.29, 0.717) is 12.2 Å². The van der Waals surface area contributed by atoms with Crippen molar-refractivity contribution < 1.29 is 19.4 Å². The van der Waals surface area contributed by atoms with Crippen LogP contribution in [0.15, 0.2) is 42.5 Å². The summed E-state index contributed by atoms with van der Waals surface area (Å²) in [5.74, 6) is 1.45. The van der Waals surface area contributed by atoms with Gasteiger partial charge in [0.15, 0.2) is 11.5 Å². The second-order valence-corrected chi connectivity index (χ2v) is 8.95. The average Bonchev–Trinajstić information content (AvgIpc) is 3.19. The molecule has 1 saturated carbocycles. The fourth-order valence-corrected chi connectivity index (χ4v) is 4.21. The van der Waals surface area contributed by atoms with Crippen molar-refractivity contribution >= 4 is 22.5 Å². The predicted molar refractivity (Wildman–Crippen MR) is 115 cm³/mol. The van der Waals surface area contributed by atoms with Crippen LogP contribution in [0.1, 0.15) is 44.4 Å². The molecule has 1 aromatic heterocycles. The number of ether oxygens (including phenoxy) is 2. The largest absolute Gasteiger partial charge is 0.454 e. The van der Waals surface area contributed by atoms with Crippen LogP contribution >= 0.6 is 0 Å². The number of nitrogens with one attached hydrogen (secondary N) is 2. The Bertz CT molecular complexity index is 1130. The molecule has 30 heavy (non-hydrogen) atoms. The van der Waals surface area contributed by atoms with Crippen molar-refractivity contribution in [3.05, 3.63) is 53.7 Å². The zero-order valence-corrected chi connectivity index (χ0v) is 17.2. The van der Waals surface area contributed by atoms with E-state index in [1.807, 2.05) is 36.4 Å². The summed E-state index contributed by atoms with van der Waals surface area (Å²) in [7, 11) is 0. The van der Waals surface area contributed by atoms with Gasteiger partial charge in [-0.1, -0.05) is 19.9 Å². The number of carbonyl (C=O) groups is 1. The molecular formula is C24H26N2O4. The normalized spacial score (nSPS) is 16.6. The van der Waals surface area contributed by atoms with Gasteiger partial charge in [-0.05, 0) is 61.2 Å². The quantitative estimate of drug-likeness (QED) is 0.572. The Hall–Kier alpha value is -2.99. The van der Waals surface area contributed by atoms with Gasteiger partial charge in [0.1, 0.15) is 0 Å². The number of amides is 1. The molecule has 2 aliphatic rings. The monoisotopic (exact) mass is 406 g/mol. The van der Waals surface area contributed by atoms with E-state index in [9.17, 15) is 9.90 Å². The summed E-state index contributed by atoms with van der Waals surface area (Å²) in [6.07, 6.45) is 2.33. The number of hydrogen-bond acceptors (Lipinski definition) is 4. The fourth-order valence-electron chi connectivity index (χ4n) is 4.21. The van der Waals surface area contributed by atoms with Gasteiger partial charge in [0, 0.05) is 34.3 Å². The second kappa shape index (κ2) is 6.77. The molecule has 0 bridgehead atoms. The van der Waals surface area contributed by atoms with E-state index in [1.165, 1.54) is 0 Å². The molecule has 0 atom stereocenters. The van der Waals surface area contributed by atoms with Crippen molar-refractivity contribution in [2.75, 3.05) is 18.7 Å². The van der Waals surface area contributed by atoms with Crippen molar-refractivity contribution in [1.82, 2.24) is 4.98 Å². The fraction of sp³-hybridized carbons (Fsp3) is 0.375. The molecule has 1 aliphatic carbocycles. The third-order valence-electron chi connectivity index (χ3n) is 6.45. The molecule has 3 aromatic rings. The van der Waals surface area contributed by atoms with Crippen LogP contribution in [0.25, 0.3) is 10.9 Å². The minimum Gasteiger partial charge on any atom is -0.454 e. The molecular weight excluding hydrogens is 380 g/mol. The van der Waals surface area contributed by atoms with Crippen LogP contribution in [0, 0.1) is 0 Å². The minimum absolute atomic E-state index is 0.0112. The van der Waals surface area contributed by atoms with Crippen molar-refractivity contribution in [1.29, 1.82) is 0 Å². The molecule has 0 saturated heterocycles. The van der Waals surface area contributed by atoms with Crippen LogP contribution in [0.3, 0.4) is 0 Å². The number of aromatic nitrogens is 1. The Kier molecular flexibility index (Phi) is 4.29. The van der Waals surface area contributed by atoms with E-state index < -0.39 is 5.41 Å². The van der Waals surface area contributed by atoms with E-state index >= 15 is 0 Å². The highest BCUT2D eigenvalue weighted by molar-refractivity contribution is 6.02. The zero-order chi connectivity index (χ0) is 20.9. The number of hydrogen-bond donors (Lipinski definition) is 3. The topological polar surface area (TPSA) is 83.6 Å². The predicted octanol–water partition coefficient (Wildman–Crippen LogP) is 4.23. The number of H-pyrrole nitrogens is 1. The maximum absolute atomic E-state index is 13.2. The van der Waals surface area contributed by atoms with Crippen molar-refractivity contribution in [3.8, 4) is 11.5 Å². The summed E-state index contributed by atoms with van der Waals surface area (Å²) in [5, 5.41) is 13.5. The number of rotatable bonds is 6. The maximum atomic E-state index is 13.2. The molecule has 0 radical (unpaired) electrons. The first-order valence-electron chi connectivity index (χ1n) is 10.4. The zero-order valence-electron chi connectivity index (χ0n) is 17.2. The van der Waals surface area contributed by atoms with E-state index in [-0.39, 0.29) is 24.7 Å². The van der Waals surface area contributed by atoms with Gasteiger partial charge in [0.2, 0.25) is 12.7 Å². The Morgan fingerprint density at radius 1 is 1.13 bits per heavy atom. The standard InChI is InChI=1S/C24H26N2O4/c1-23(2,9-10-27)21-12-15-11-17(4-5-18(15)26-21)25-22(28)24(7-8-24)16-3-6-19-20(13-16)30-14-29-19/h3-6,11-13,26-27H,7-10,14H2,1-2H3,(H,25,28). The maximum Gasteiger partial charge on any atom is 0.235 e. The Labute approximate surface area is 175 Å². The highest BCUT2D eigenvalue weighted by atomic mass is 16.7. The molecule has 2 heterocycles. The third kappa shape index (κ3) is 3.12. The summed E-state index contributed by atoms with van der Waals surface area (Å²) >= 11 is 0.